The van der Waals surface area contributed by atoms with Crippen LogP contribution < -0.4 is 16.0 Å². The molecule has 0 spiro atoms. The minimum atomic E-state index is -0.681. The van der Waals surface area contributed by atoms with Crippen molar-refractivity contribution in [2.45, 2.75) is 57.4 Å². The third-order valence-electron chi connectivity index (χ3n) is 3.67. The molecule has 19 heavy (non-hydrogen) atoms. The Bertz CT molecular complexity index is 299. The number of hydrogen-bond donors (Lipinski definition) is 3. The monoisotopic (exact) mass is 269 g/mol. The van der Waals surface area contributed by atoms with E-state index < -0.39 is 5.54 Å². The van der Waals surface area contributed by atoms with Crippen LogP contribution in [0.3, 0.4) is 0 Å². The quantitative estimate of drug-likeness (QED) is 0.602. The second-order valence-electron chi connectivity index (χ2n) is 5.33. The minimum Gasteiger partial charge on any atom is -0.354 e. The Morgan fingerprint density at radius 1 is 1.16 bits per heavy atom. The van der Waals surface area contributed by atoms with Gasteiger partial charge in [-0.15, -0.1) is 0 Å². The molecule has 0 aliphatic heterocycles. The molecule has 0 heterocycles. The largest absolute Gasteiger partial charge is 0.354 e. The molecular weight excluding hydrogens is 242 g/mol. The van der Waals surface area contributed by atoms with E-state index in [1.54, 1.807) is 7.05 Å². The van der Waals surface area contributed by atoms with E-state index in [9.17, 15) is 9.59 Å². The SMILES string of the molecule is CCCCNC(=O)C1(NC(=O)CNC)CCCCC1. The van der Waals surface area contributed by atoms with Crippen LogP contribution in [0.1, 0.15) is 51.9 Å². The third kappa shape index (κ3) is 4.82. The van der Waals surface area contributed by atoms with Crippen LogP contribution in [0.4, 0.5) is 0 Å². The summed E-state index contributed by atoms with van der Waals surface area (Å²) in [6, 6.07) is 0. The molecule has 0 aromatic heterocycles. The van der Waals surface area contributed by atoms with Gasteiger partial charge < -0.3 is 16.0 Å². The molecule has 5 nitrogen and oxygen atoms in total. The van der Waals surface area contributed by atoms with Crippen molar-refractivity contribution in [3.8, 4) is 0 Å². The molecule has 0 aromatic rings. The Morgan fingerprint density at radius 3 is 2.42 bits per heavy atom. The number of rotatable bonds is 7. The van der Waals surface area contributed by atoms with E-state index in [0.29, 0.717) is 6.54 Å². The highest BCUT2D eigenvalue weighted by atomic mass is 16.2. The number of hydrogen-bond acceptors (Lipinski definition) is 3. The highest BCUT2D eigenvalue weighted by Gasteiger charge is 2.40. The van der Waals surface area contributed by atoms with Crippen LogP contribution in [0, 0.1) is 0 Å². The van der Waals surface area contributed by atoms with Crippen molar-refractivity contribution in [1.82, 2.24) is 16.0 Å². The zero-order chi connectivity index (χ0) is 14.1. The molecule has 5 heteroatoms. The Morgan fingerprint density at radius 2 is 1.84 bits per heavy atom. The summed E-state index contributed by atoms with van der Waals surface area (Å²) in [7, 11) is 1.73. The molecule has 1 aliphatic carbocycles. The Labute approximate surface area is 115 Å². The molecule has 1 rings (SSSR count). The predicted molar refractivity (Wildman–Crippen MR) is 75.8 cm³/mol. The van der Waals surface area contributed by atoms with Crippen LogP contribution in [0.2, 0.25) is 0 Å². The van der Waals surface area contributed by atoms with Crippen molar-refractivity contribution in [3.05, 3.63) is 0 Å². The van der Waals surface area contributed by atoms with E-state index in [-0.39, 0.29) is 18.4 Å². The number of unbranched alkanes of at least 4 members (excludes halogenated alkanes) is 1. The fourth-order valence-electron chi connectivity index (χ4n) is 2.58. The van der Waals surface area contributed by atoms with Gasteiger partial charge in [0.2, 0.25) is 11.8 Å². The number of carbonyl (C=O) groups is 2. The summed E-state index contributed by atoms with van der Waals surface area (Å²) in [6.45, 7) is 3.04. The Kier molecular flexibility index (Phi) is 6.84. The molecule has 0 bridgehead atoms. The van der Waals surface area contributed by atoms with Crippen molar-refractivity contribution in [3.63, 3.8) is 0 Å². The minimum absolute atomic E-state index is 0.00916. The molecule has 3 N–H and O–H groups in total. The molecule has 2 amide bonds. The average Bonchev–Trinajstić information content (AvgIpc) is 2.40. The maximum Gasteiger partial charge on any atom is 0.245 e. The van der Waals surface area contributed by atoms with Crippen molar-refractivity contribution >= 4 is 11.8 Å². The van der Waals surface area contributed by atoms with E-state index in [2.05, 4.69) is 22.9 Å². The van der Waals surface area contributed by atoms with Crippen LogP contribution in [0.5, 0.6) is 0 Å². The van der Waals surface area contributed by atoms with Gasteiger partial charge in [-0.3, -0.25) is 9.59 Å². The first kappa shape index (κ1) is 16.0. The van der Waals surface area contributed by atoms with Gasteiger partial charge in [0.25, 0.3) is 0 Å². The molecule has 0 aromatic carbocycles. The summed E-state index contributed by atoms with van der Waals surface area (Å²) in [5.41, 5.74) is -0.681. The van der Waals surface area contributed by atoms with Gasteiger partial charge in [-0.25, -0.2) is 0 Å². The second-order valence-corrected chi connectivity index (χ2v) is 5.33. The Balaban J connectivity index is 2.63. The molecule has 1 saturated carbocycles. The van der Waals surface area contributed by atoms with Gasteiger partial charge in [-0.1, -0.05) is 32.6 Å². The first-order valence-corrected chi connectivity index (χ1v) is 7.38. The predicted octanol–water partition coefficient (Wildman–Crippen LogP) is 0.941. The molecule has 0 unspecified atom stereocenters. The zero-order valence-electron chi connectivity index (χ0n) is 12.2. The van der Waals surface area contributed by atoms with Gasteiger partial charge in [0.1, 0.15) is 5.54 Å². The van der Waals surface area contributed by atoms with Crippen molar-refractivity contribution < 1.29 is 9.59 Å². The maximum atomic E-state index is 12.4. The number of likely N-dealkylation sites (N-methyl/N-ethyl adjacent to an activating group) is 1. The summed E-state index contributed by atoms with van der Waals surface area (Å²) in [6.07, 6.45) is 6.68. The zero-order valence-corrected chi connectivity index (χ0v) is 12.2. The summed E-state index contributed by atoms with van der Waals surface area (Å²) < 4.78 is 0. The highest BCUT2D eigenvalue weighted by molar-refractivity contribution is 5.92. The van der Waals surface area contributed by atoms with Gasteiger partial charge in [-0.2, -0.15) is 0 Å². The Hall–Kier alpha value is -1.10. The van der Waals surface area contributed by atoms with E-state index in [1.165, 1.54) is 0 Å². The summed E-state index contributed by atoms with van der Waals surface area (Å²) >= 11 is 0. The lowest BCUT2D eigenvalue weighted by molar-refractivity contribution is -0.134. The van der Waals surface area contributed by atoms with E-state index >= 15 is 0 Å². The van der Waals surface area contributed by atoms with Crippen molar-refractivity contribution in [2.24, 2.45) is 0 Å². The smallest absolute Gasteiger partial charge is 0.245 e. The number of nitrogens with one attached hydrogen (secondary N) is 3. The van der Waals surface area contributed by atoms with Gasteiger partial charge in [0, 0.05) is 6.54 Å². The van der Waals surface area contributed by atoms with Crippen molar-refractivity contribution in [2.75, 3.05) is 20.1 Å². The maximum absolute atomic E-state index is 12.4. The molecular formula is C14H27N3O2. The average molecular weight is 269 g/mol. The number of amides is 2. The fourth-order valence-corrected chi connectivity index (χ4v) is 2.58. The normalized spacial score (nSPS) is 17.8. The topological polar surface area (TPSA) is 70.2 Å². The van der Waals surface area contributed by atoms with Crippen LogP contribution in [0.15, 0.2) is 0 Å². The molecule has 0 saturated heterocycles. The summed E-state index contributed by atoms with van der Waals surface area (Å²) in [5.74, 6) is -0.111. The van der Waals surface area contributed by atoms with E-state index in [1.807, 2.05) is 0 Å². The van der Waals surface area contributed by atoms with Crippen molar-refractivity contribution in [1.29, 1.82) is 0 Å². The lowest BCUT2D eigenvalue weighted by Gasteiger charge is -2.36. The van der Waals surface area contributed by atoms with E-state index in [4.69, 9.17) is 0 Å². The number of carbonyl (C=O) groups excluding carboxylic acids is 2. The molecule has 0 atom stereocenters. The summed E-state index contributed by atoms with van der Waals surface area (Å²) in [4.78, 5) is 24.2. The molecule has 1 aliphatic rings. The van der Waals surface area contributed by atoms with Gasteiger partial charge >= 0.3 is 0 Å². The van der Waals surface area contributed by atoms with Crippen LogP contribution in [0.25, 0.3) is 0 Å². The van der Waals surface area contributed by atoms with Gasteiger partial charge in [0.05, 0.1) is 6.54 Å². The van der Waals surface area contributed by atoms with Crippen LogP contribution >= 0.6 is 0 Å². The molecule has 110 valence electrons. The lowest BCUT2D eigenvalue weighted by atomic mass is 9.80. The highest BCUT2D eigenvalue weighted by Crippen LogP contribution is 2.28. The van der Waals surface area contributed by atoms with Gasteiger partial charge in [-0.05, 0) is 26.3 Å². The summed E-state index contributed by atoms with van der Waals surface area (Å²) in [5, 5.41) is 8.74. The lowest BCUT2D eigenvalue weighted by Crippen LogP contribution is -2.60. The fraction of sp³-hybridized carbons (Fsp3) is 0.857. The van der Waals surface area contributed by atoms with Crippen LogP contribution in [-0.4, -0.2) is 37.5 Å². The first-order valence-electron chi connectivity index (χ1n) is 7.38. The van der Waals surface area contributed by atoms with E-state index in [0.717, 1.165) is 44.9 Å². The standard InChI is InChI=1S/C14H27N3O2/c1-3-4-10-16-13(19)14(8-6-5-7-9-14)17-12(18)11-15-2/h15H,3-11H2,1-2H3,(H,16,19)(H,17,18). The molecule has 1 fully saturated rings. The van der Waals surface area contributed by atoms with Gasteiger partial charge in [0.15, 0.2) is 0 Å². The first-order chi connectivity index (χ1) is 9.14. The third-order valence-corrected chi connectivity index (χ3v) is 3.67. The second kappa shape index (κ2) is 8.15. The van der Waals surface area contributed by atoms with Crippen LogP contribution in [-0.2, 0) is 9.59 Å². The molecule has 0 radical (unpaired) electrons.